The molecule has 3 aromatic rings. The van der Waals surface area contributed by atoms with Crippen LogP contribution in [0.3, 0.4) is 0 Å². The second-order valence-electron chi connectivity index (χ2n) is 6.52. The first-order valence-corrected chi connectivity index (χ1v) is 8.35. The molecular formula is C19H19N3S. The van der Waals surface area contributed by atoms with Crippen LogP contribution in [0.25, 0.3) is 21.6 Å². The van der Waals surface area contributed by atoms with E-state index in [1.54, 1.807) is 11.3 Å². The maximum atomic E-state index is 9.52. The maximum absolute atomic E-state index is 9.52. The van der Waals surface area contributed by atoms with E-state index in [4.69, 9.17) is 5.73 Å². The van der Waals surface area contributed by atoms with Crippen LogP contribution >= 0.6 is 11.3 Å². The molecule has 0 aliphatic rings. The molecule has 0 amide bonds. The number of rotatable bonds is 2. The normalized spacial score (nSPS) is 11.4. The Hall–Kier alpha value is -2.51. The van der Waals surface area contributed by atoms with Crippen molar-refractivity contribution >= 4 is 17.2 Å². The largest absolute Gasteiger partial charge is 0.384 e. The molecule has 0 unspecified atom stereocenters. The number of anilines is 1. The maximum Gasteiger partial charge on any atom is 0.122 e. The first-order chi connectivity index (χ1) is 10.9. The van der Waals surface area contributed by atoms with Gasteiger partial charge in [-0.1, -0.05) is 30.3 Å². The third kappa shape index (κ3) is 2.76. The minimum Gasteiger partial charge on any atom is -0.384 e. The van der Waals surface area contributed by atoms with E-state index in [0.29, 0.717) is 11.4 Å². The minimum absolute atomic E-state index is 0.159. The fourth-order valence-corrected chi connectivity index (χ4v) is 3.58. The SMILES string of the molecule is CC(C)(C)n1cc(-c2cc(-c3ccccc3)cs2)c(C#N)c1N. The summed E-state index contributed by atoms with van der Waals surface area (Å²) in [6.07, 6.45) is 1.99. The minimum atomic E-state index is -0.159. The fourth-order valence-electron chi connectivity index (χ4n) is 2.64. The molecule has 4 heteroatoms. The van der Waals surface area contributed by atoms with Gasteiger partial charge >= 0.3 is 0 Å². The molecular weight excluding hydrogens is 302 g/mol. The summed E-state index contributed by atoms with van der Waals surface area (Å²) in [7, 11) is 0. The lowest BCUT2D eigenvalue weighted by Gasteiger charge is -2.22. The topological polar surface area (TPSA) is 54.7 Å². The fraction of sp³-hybridized carbons (Fsp3) is 0.211. The van der Waals surface area contributed by atoms with E-state index in [9.17, 15) is 5.26 Å². The van der Waals surface area contributed by atoms with Crippen molar-refractivity contribution < 1.29 is 0 Å². The van der Waals surface area contributed by atoms with Crippen LogP contribution in [0, 0.1) is 11.3 Å². The predicted molar refractivity (Wildman–Crippen MR) is 97.3 cm³/mol. The van der Waals surface area contributed by atoms with Crippen molar-refractivity contribution in [1.29, 1.82) is 5.26 Å². The molecule has 0 radical (unpaired) electrons. The summed E-state index contributed by atoms with van der Waals surface area (Å²) in [4.78, 5) is 1.06. The summed E-state index contributed by atoms with van der Waals surface area (Å²) < 4.78 is 1.97. The van der Waals surface area contributed by atoms with Gasteiger partial charge in [0.15, 0.2) is 0 Å². The number of aromatic nitrogens is 1. The third-order valence-corrected chi connectivity index (χ3v) is 4.81. The number of benzene rings is 1. The van der Waals surface area contributed by atoms with Gasteiger partial charge in [0.2, 0.25) is 0 Å². The first-order valence-electron chi connectivity index (χ1n) is 7.47. The van der Waals surface area contributed by atoms with E-state index < -0.39 is 0 Å². The molecule has 0 spiro atoms. The highest BCUT2D eigenvalue weighted by molar-refractivity contribution is 7.14. The van der Waals surface area contributed by atoms with Gasteiger partial charge in [0.25, 0.3) is 0 Å². The summed E-state index contributed by atoms with van der Waals surface area (Å²) in [5.41, 5.74) is 9.85. The van der Waals surface area contributed by atoms with Gasteiger partial charge in [0.1, 0.15) is 17.5 Å². The van der Waals surface area contributed by atoms with Crippen LogP contribution in [0.4, 0.5) is 5.82 Å². The number of nitriles is 1. The zero-order chi connectivity index (χ0) is 16.6. The zero-order valence-electron chi connectivity index (χ0n) is 13.5. The molecule has 0 atom stereocenters. The molecule has 0 bridgehead atoms. The second-order valence-corrected chi connectivity index (χ2v) is 7.43. The second kappa shape index (κ2) is 5.60. The van der Waals surface area contributed by atoms with Crippen molar-refractivity contribution in [2.75, 3.05) is 5.73 Å². The highest BCUT2D eigenvalue weighted by Gasteiger charge is 2.22. The van der Waals surface area contributed by atoms with Crippen molar-refractivity contribution in [3.05, 3.63) is 53.5 Å². The summed E-state index contributed by atoms with van der Waals surface area (Å²) in [6, 6.07) is 14.6. The summed E-state index contributed by atoms with van der Waals surface area (Å²) >= 11 is 1.64. The molecule has 2 heterocycles. The standard InChI is InChI=1S/C19H19N3S/c1-19(2,3)22-11-16(15(10-20)18(22)21)17-9-14(12-23-17)13-7-5-4-6-8-13/h4-9,11-12H,21H2,1-3H3. The lowest BCUT2D eigenvalue weighted by Crippen LogP contribution is -2.22. The third-order valence-electron chi connectivity index (χ3n) is 3.85. The van der Waals surface area contributed by atoms with E-state index in [1.807, 2.05) is 29.0 Å². The van der Waals surface area contributed by atoms with Crippen molar-refractivity contribution in [1.82, 2.24) is 4.57 Å². The Labute approximate surface area is 140 Å². The van der Waals surface area contributed by atoms with Gasteiger partial charge < -0.3 is 10.3 Å². The number of nitrogens with zero attached hydrogens (tertiary/aromatic N) is 2. The molecule has 1 aromatic carbocycles. The Bertz CT molecular complexity index is 874. The average Bonchev–Trinajstić information content (AvgIpc) is 3.11. The summed E-state index contributed by atoms with van der Waals surface area (Å²) in [5.74, 6) is 0.532. The Balaban J connectivity index is 2.10. The molecule has 0 aliphatic heterocycles. The Kier molecular flexibility index (Phi) is 3.75. The van der Waals surface area contributed by atoms with Crippen LogP contribution in [0.2, 0.25) is 0 Å². The molecule has 3 rings (SSSR count). The number of thiophene rings is 1. The zero-order valence-corrected chi connectivity index (χ0v) is 14.3. The number of nitrogens with two attached hydrogens (primary N) is 1. The molecule has 0 fully saturated rings. The van der Waals surface area contributed by atoms with Gasteiger partial charge in [0, 0.05) is 22.2 Å². The van der Waals surface area contributed by atoms with Gasteiger partial charge in [-0.2, -0.15) is 5.26 Å². The van der Waals surface area contributed by atoms with E-state index in [1.165, 1.54) is 5.56 Å². The van der Waals surface area contributed by atoms with Crippen LogP contribution in [0.1, 0.15) is 26.3 Å². The lowest BCUT2D eigenvalue weighted by atomic mass is 10.1. The first kappa shape index (κ1) is 15.4. The van der Waals surface area contributed by atoms with Crippen molar-refractivity contribution in [3.8, 4) is 27.6 Å². The number of hydrogen-bond donors (Lipinski definition) is 1. The van der Waals surface area contributed by atoms with E-state index >= 15 is 0 Å². The van der Waals surface area contributed by atoms with E-state index in [-0.39, 0.29) is 5.54 Å². The number of nitrogen functional groups attached to an aromatic ring is 1. The molecule has 0 saturated heterocycles. The Morgan fingerprint density at radius 1 is 1.13 bits per heavy atom. The molecule has 116 valence electrons. The number of hydrogen-bond acceptors (Lipinski definition) is 3. The predicted octanol–water partition coefficient (Wildman–Crippen LogP) is 5.09. The molecule has 2 N–H and O–H groups in total. The van der Waals surface area contributed by atoms with Crippen molar-refractivity contribution in [2.24, 2.45) is 0 Å². The van der Waals surface area contributed by atoms with E-state index in [2.05, 4.69) is 50.4 Å². The monoisotopic (exact) mass is 321 g/mol. The van der Waals surface area contributed by atoms with Crippen LogP contribution in [0.5, 0.6) is 0 Å². The summed E-state index contributed by atoms with van der Waals surface area (Å²) in [5, 5.41) is 11.6. The Morgan fingerprint density at radius 2 is 1.83 bits per heavy atom. The summed E-state index contributed by atoms with van der Waals surface area (Å²) in [6.45, 7) is 6.24. The van der Waals surface area contributed by atoms with Crippen LogP contribution in [-0.4, -0.2) is 4.57 Å². The van der Waals surface area contributed by atoms with Crippen LogP contribution < -0.4 is 5.73 Å². The van der Waals surface area contributed by atoms with Crippen molar-refractivity contribution in [2.45, 2.75) is 26.3 Å². The lowest BCUT2D eigenvalue weighted by molar-refractivity contribution is 0.404. The smallest absolute Gasteiger partial charge is 0.122 e. The molecule has 3 nitrogen and oxygen atoms in total. The quantitative estimate of drug-likeness (QED) is 0.714. The van der Waals surface area contributed by atoms with Crippen LogP contribution in [0.15, 0.2) is 48.0 Å². The highest BCUT2D eigenvalue weighted by Crippen LogP contribution is 2.38. The van der Waals surface area contributed by atoms with Crippen LogP contribution in [-0.2, 0) is 5.54 Å². The molecule has 0 aliphatic carbocycles. The Morgan fingerprint density at radius 3 is 2.43 bits per heavy atom. The molecule has 2 aromatic heterocycles. The van der Waals surface area contributed by atoms with Gasteiger partial charge in [-0.05, 0) is 43.3 Å². The molecule has 0 saturated carbocycles. The van der Waals surface area contributed by atoms with Gasteiger partial charge in [0.05, 0.1) is 0 Å². The van der Waals surface area contributed by atoms with Gasteiger partial charge in [-0.3, -0.25) is 0 Å². The van der Waals surface area contributed by atoms with Crippen molar-refractivity contribution in [3.63, 3.8) is 0 Å². The average molecular weight is 321 g/mol. The molecule has 23 heavy (non-hydrogen) atoms. The highest BCUT2D eigenvalue weighted by atomic mass is 32.1. The van der Waals surface area contributed by atoms with Gasteiger partial charge in [-0.15, -0.1) is 11.3 Å². The van der Waals surface area contributed by atoms with E-state index in [0.717, 1.165) is 16.0 Å². The van der Waals surface area contributed by atoms with Gasteiger partial charge in [-0.25, -0.2) is 0 Å².